The molecule has 0 aromatic heterocycles. The van der Waals surface area contributed by atoms with Crippen molar-refractivity contribution in [1.82, 2.24) is 4.90 Å². The third kappa shape index (κ3) is 26.7. The van der Waals surface area contributed by atoms with E-state index in [4.69, 9.17) is 17.5 Å². The van der Waals surface area contributed by atoms with Crippen LogP contribution in [0, 0.1) is 0 Å². The van der Waals surface area contributed by atoms with Gasteiger partial charge in [-0.05, 0) is 26.9 Å². The lowest BCUT2D eigenvalue weighted by Gasteiger charge is -2.24. The van der Waals surface area contributed by atoms with Gasteiger partial charge in [0.2, 0.25) is 0 Å². The minimum absolute atomic E-state index is 0.824. The highest BCUT2D eigenvalue weighted by Gasteiger charge is 2.09. The summed E-state index contributed by atoms with van der Waals surface area (Å²) in [5, 5.41) is 0. The standard InChI is InChI=1S/C18H39N.H2O4S/c1-5-7-9-10-11-12-13-14-15-17-18(19(3)4)16-8-6-2;1-5(2,3)4/h18H,5-17H2,1-4H3;(H2,1,2,3,4). The van der Waals surface area contributed by atoms with Gasteiger partial charge in [0.1, 0.15) is 0 Å². The summed E-state index contributed by atoms with van der Waals surface area (Å²) in [5.41, 5.74) is 0. The van der Waals surface area contributed by atoms with Crippen molar-refractivity contribution >= 4 is 10.4 Å². The molecule has 0 spiro atoms. The molecule has 1 unspecified atom stereocenters. The minimum Gasteiger partial charge on any atom is -0.306 e. The fourth-order valence-electron chi connectivity index (χ4n) is 2.79. The molecular weight excluding hydrogens is 326 g/mol. The zero-order chi connectivity index (χ0) is 18.8. The summed E-state index contributed by atoms with van der Waals surface area (Å²) in [6.07, 6.45) is 18.5. The van der Waals surface area contributed by atoms with Gasteiger partial charge in [0.15, 0.2) is 0 Å². The van der Waals surface area contributed by atoms with Crippen LogP contribution in [-0.4, -0.2) is 42.6 Å². The van der Waals surface area contributed by atoms with Gasteiger partial charge in [-0.25, -0.2) is 0 Å². The van der Waals surface area contributed by atoms with E-state index in [-0.39, 0.29) is 0 Å². The van der Waals surface area contributed by atoms with Crippen LogP contribution in [0.5, 0.6) is 0 Å². The second-order valence-corrected chi connectivity index (χ2v) is 7.72. The molecule has 0 aliphatic carbocycles. The molecule has 0 amide bonds. The van der Waals surface area contributed by atoms with Gasteiger partial charge in [0.25, 0.3) is 0 Å². The van der Waals surface area contributed by atoms with Crippen LogP contribution in [0.2, 0.25) is 0 Å². The second-order valence-electron chi connectivity index (χ2n) is 6.82. The van der Waals surface area contributed by atoms with Crippen LogP contribution in [0.25, 0.3) is 0 Å². The average molecular weight is 368 g/mol. The van der Waals surface area contributed by atoms with Crippen molar-refractivity contribution in [3.63, 3.8) is 0 Å². The van der Waals surface area contributed by atoms with Crippen molar-refractivity contribution in [2.24, 2.45) is 0 Å². The van der Waals surface area contributed by atoms with E-state index in [0.29, 0.717) is 0 Å². The van der Waals surface area contributed by atoms with Gasteiger partial charge in [-0.2, -0.15) is 8.42 Å². The van der Waals surface area contributed by atoms with Crippen LogP contribution in [0.3, 0.4) is 0 Å². The normalized spacial score (nSPS) is 12.8. The molecule has 0 aromatic rings. The molecule has 148 valence electrons. The van der Waals surface area contributed by atoms with E-state index in [1.54, 1.807) is 0 Å². The van der Waals surface area contributed by atoms with Crippen LogP contribution in [0.1, 0.15) is 97.3 Å². The summed E-state index contributed by atoms with van der Waals surface area (Å²) in [6, 6.07) is 0.824. The predicted octanol–water partition coefficient (Wildman–Crippen LogP) is 5.37. The second kappa shape index (κ2) is 17.6. The van der Waals surface area contributed by atoms with Gasteiger partial charge in [-0.15, -0.1) is 0 Å². The SMILES string of the molecule is CCCCCCCCCCCC(CCCC)N(C)C.O=S(=O)(O)O. The molecule has 0 aliphatic heterocycles. The first-order valence-corrected chi connectivity index (χ1v) is 11.0. The molecule has 0 saturated heterocycles. The van der Waals surface area contributed by atoms with Crippen molar-refractivity contribution in [3.8, 4) is 0 Å². The van der Waals surface area contributed by atoms with Gasteiger partial charge in [0.05, 0.1) is 0 Å². The van der Waals surface area contributed by atoms with Gasteiger partial charge in [-0.3, -0.25) is 9.11 Å². The largest absolute Gasteiger partial charge is 0.394 e. The molecule has 0 radical (unpaired) electrons. The minimum atomic E-state index is -4.67. The monoisotopic (exact) mass is 367 g/mol. The predicted molar refractivity (Wildman–Crippen MR) is 103 cm³/mol. The van der Waals surface area contributed by atoms with E-state index in [0.717, 1.165) is 6.04 Å². The first kappa shape index (κ1) is 26.1. The third-order valence-electron chi connectivity index (χ3n) is 4.26. The van der Waals surface area contributed by atoms with Crippen LogP contribution in [0.15, 0.2) is 0 Å². The summed E-state index contributed by atoms with van der Waals surface area (Å²) < 4.78 is 31.6. The molecule has 5 nitrogen and oxygen atoms in total. The Morgan fingerprint density at radius 1 is 0.708 bits per heavy atom. The Balaban J connectivity index is 0. The molecule has 24 heavy (non-hydrogen) atoms. The number of hydrogen-bond donors (Lipinski definition) is 2. The molecule has 0 aromatic carbocycles. The molecule has 0 aliphatic rings. The van der Waals surface area contributed by atoms with Gasteiger partial charge < -0.3 is 4.90 Å². The highest BCUT2D eigenvalue weighted by Crippen LogP contribution is 2.15. The average Bonchev–Trinajstić information content (AvgIpc) is 2.46. The summed E-state index contributed by atoms with van der Waals surface area (Å²) in [6.45, 7) is 4.59. The van der Waals surface area contributed by atoms with E-state index in [1.165, 1.54) is 83.5 Å². The summed E-state index contributed by atoms with van der Waals surface area (Å²) >= 11 is 0. The summed E-state index contributed by atoms with van der Waals surface area (Å²) in [5.74, 6) is 0. The maximum Gasteiger partial charge on any atom is 0.394 e. The Labute approximate surface area is 150 Å². The molecular formula is C18H41NO4S. The zero-order valence-electron chi connectivity index (χ0n) is 16.3. The van der Waals surface area contributed by atoms with Crippen LogP contribution in [-0.2, 0) is 10.4 Å². The van der Waals surface area contributed by atoms with Gasteiger partial charge in [0, 0.05) is 6.04 Å². The van der Waals surface area contributed by atoms with Crippen molar-refractivity contribution in [2.45, 2.75) is 103 Å². The maximum absolute atomic E-state index is 8.74. The van der Waals surface area contributed by atoms with E-state index < -0.39 is 10.4 Å². The highest BCUT2D eigenvalue weighted by atomic mass is 32.3. The molecule has 2 N–H and O–H groups in total. The Hall–Kier alpha value is -0.170. The number of hydrogen-bond acceptors (Lipinski definition) is 3. The topological polar surface area (TPSA) is 77.8 Å². The van der Waals surface area contributed by atoms with Crippen LogP contribution >= 0.6 is 0 Å². The van der Waals surface area contributed by atoms with Gasteiger partial charge >= 0.3 is 10.4 Å². The Bertz CT molecular complexity index is 337. The van der Waals surface area contributed by atoms with Crippen molar-refractivity contribution in [3.05, 3.63) is 0 Å². The fourth-order valence-corrected chi connectivity index (χ4v) is 2.79. The fraction of sp³-hybridized carbons (Fsp3) is 1.00. The number of nitrogens with zero attached hydrogens (tertiary/aromatic N) is 1. The summed E-state index contributed by atoms with van der Waals surface area (Å²) in [4.78, 5) is 2.43. The first-order chi connectivity index (χ1) is 11.2. The van der Waals surface area contributed by atoms with Crippen molar-refractivity contribution < 1.29 is 17.5 Å². The molecule has 0 saturated carbocycles. The molecule has 6 heteroatoms. The lowest BCUT2D eigenvalue weighted by molar-refractivity contribution is 0.253. The molecule has 0 fully saturated rings. The lowest BCUT2D eigenvalue weighted by Crippen LogP contribution is -2.27. The molecule has 0 bridgehead atoms. The Kier molecular flexibility index (Phi) is 19.2. The van der Waals surface area contributed by atoms with Crippen LogP contribution in [0.4, 0.5) is 0 Å². The molecule has 0 rings (SSSR count). The van der Waals surface area contributed by atoms with E-state index in [9.17, 15) is 0 Å². The van der Waals surface area contributed by atoms with Crippen LogP contribution < -0.4 is 0 Å². The highest BCUT2D eigenvalue weighted by molar-refractivity contribution is 7.79. The van der Waals surface area contributed by atoms with Crippen molar-refractivity contribution in [2.75, 3.05) is 14.1 Å². The third-order valence-corrected chi connectivity index (χ3v) is 4.26. The van der Waals surface area contributed by atoms with Gasteiger partial charge in [-0.1, -0.05) is 84.5 Å². The Morgan fingerprint density at radius 3 is 1.42 bits per heavy atom. The first-order valence-electron chi connectivity index (χ1n) is 9.58. The van der Waals surface area contributed by atoms with E-state index in [1.807, 2.05) is 0 Å². The van der Waals surface area contributed by atoms with E-state index in [2.05, 4.69) is 32.8 Å². The molecule has 1 atom stereocenters. The maximum atomic E-state index is 8.74. The van der Waals surface area contributed by atoms with Crippen molar-refractivity contribution in [1.29, 1.82) is 0 Å². The lowest BCUT2D eigenvalue weighted by atomic mass is 10.0. The van der Waals surface area contributed by atoms with E-state index >= 15 is 0 Å². The quantitative estimate of drug-likeness (QED) is 0.318. The number of rotatable bonds is 14. The molecule has 0 heterocycles. The zero-order valence-corrected chi connectivity index (χ0v) is 17.2. The smallest absolute Gasteiger partial charge is 0.306 e. The Morgan fingerprint density at radius 2 is 1.04 bits per heavy atom. The summed E-state index contributed by atoms with van der Waals surface area (Å²) in [7, 11) is -0.178. The number of unbranched alkanes of at least 4 members (excludes halogenated alkanes) is 9.